The Bertz CT molecular complexity index is 495. The Kier molecular flexibility index (Phi) is 3.28. The van der Waals surface area contributed by atoms with Gasteiger partial charge in [-0.05, 0) is 38.1 Å². The predicted octanol–water partition coefficient (Wildman–Crippen LogP) is 2.83. The third-order valence-electron chi connectivity index (χ3n) is 2.49. The summed E-state index contributed by atoms with van der Waals surface area (Å²) in [5, 5.41) is 2.82. The molecule has 0 aliphatic heterocycles. The van der Waals surface area contributed by atoms with Crippen LogP contribution in [0.5, 0.6) is 0 Å². The third-order valence-corrected chi connectivity index (χ3v) is 2.49. The van der Waals surface area contributed by atoms with Gasteiger partial charge < -0.3 is 9.73 Å². The van der Waals surface area contributed by atoms with Gasteiger partial charge in [0.05, 0.1) is 12.8 Å². The van der Waals surface area contributed by atoms with Gasteiger partial charge in [0, 0.05) is 5.56 Å². The van der Waals surface area contributed by atoms with Gasteiger partial charge in [-0.2, -0.15) is 0 Å². The average molecular weight is 229 g/mol. The highest BCUT2D eigenvalue weighted by Crippen LogP contribution is 2.09. The first kappa shape index (κ1) is 11.5. The van der Waals surface area contributed by atoms with E-state index < -0.39 is 0 Å². The molecule has 0 radical (unpaired) electrons. The second kappa shape index (κ2) is 4.87. The largest absolute Gasteiger partial charge is 0.467 e. The van der Waals surface area contributed by atoms with Crippen molar-refractivity contribution >= 4 is 5.91 Å². The van der Waals surface area contributed by atoms with E-state index in [1.54, 1.807) is 12.3 Å². The maximum absolute atomic E-state index is 11.9. The van der Waals surface area contributed by atoms with Crippen LogP contribution in [-0.4, -0.2) is 5.91 Å². The van der Waals surface area contributed by atoms with Crippen molar-refractivity contribution in [2.45, 2.75) is 20.4 Å². The van der Waals surface area contributed by atoms with Gasteiger partial charge in [0.2, 0.25) is 0 Å². The highest BCUT2D eigenvalue weighted by atomic mass is 16.3. The molecule has 0 spiro atoms. The normalized spacial score (nSPS) is 10.2. The third kappa shape index (κ3) is 2.97. The topological polar surface area (TPSA) is 42.2 Å². The molecule has 0 bridgehead atoms. The van der Waals surface area contributed by atoms with Crippen LogP contribution in [0.4, 0.5) is 0 Å². The fourth-order valence-corrected chi connectivity index (χ4v) is 1.79. The van der Waals surface area contributed by atoms with Crippen LogP contribution in [-0.2, 0) is 6.54 Å². The molecule has 0 atom stereocenters. The number of rotatable bonds is 3. The summed E-state index contributed by atoms with van der Waals surface area (Å²) in [6, 6.07) is 9.44. The molecule has 1 amide bonds. The summed E-state index contributed by atoms with van der Waals surface area (Å²) in [6.07, 6.45) is 1.60. The van der Waals surface area contributed by atoms with E-state index in [2.05, 4.69) is 5.32 Å². The monoisotopic (exact) mass is 229 g/mol. The van der Waals surface area contributed by atoms with Gasteiger partial charge >= 0.3 is 0 Å². The van der Waals surface area contributed by atoms with Crippen LogP contribution in [0.25, 0.3) is 0 Å². The summed E-state index contributed by atoms with van der Waals surface area (Å²) in [4.78, 5) is 11.9. The number of carbonyl (C=O) groups excluding carboxylic acids is 1. The Morgan fingerprint density at radius 1 is 1.24 bits per heavy atom. The second-order valence-electron chi connectivity index (χ2n) is 4.14. The molecule has 0 unspecified atom stereocenters. The molecule has 17 heavy (non-hydrogen) atoms. The van der Waals surface area contributed by atoms with E-state index in [0.29, 0.717) is 12.1 Å². The van der Waals surface area contributed by atoms with E-state index in [4.69, 9.17) is 4.42 Å². The molecular weight excluding hydrogens is 214 g/mol. The van der Waals surface area contributed by atoms with Crippen LogP contribution in [0, 0.1) is 13.8 Å². The molecule has 1 aromatic heterocycles. The predicted molar refractivity (Wildman–Crippen MR) is 65.8 cm³/mol. The zero-order valence-corrected chi connectivity index (χ0v) is 9.99. The Morgan fingerprint density at radius 3 is 2.53 bits per heavy atom. The molecule has 0 fully saturated rings. The Labute approximate surface area is 100 Å². The molecule has 1 N–H and O–H groups in total. The van der Waals surface area contributed by atoms with Gasteiger partial charge in [-0.1, -0.05) is 17.2 Å². The summed E-state index contributed by atoms with van der Waals surface area (Å²) in [6.45, 7) is 4.38. The summed E-state index contributed by atoms with van der Waals surface area (Å²) in [7, 11) is 0. The Hall–Kier alpha value is -2.03. The maximum Gasteiger partial charge on any atom is 0.251 e. The Morgan fingerprint density at radius 2 is 1.94 bits per heavy atom. The lowest BCUT2D eigenvalue weighted by molar-refractivity contribution is 0.0948. The molecule has 2 aromatic rings. The van der Waals surface area contributed by atoms with Gasteiger partial charge in [-0.25, -0.2) is 0 Å². The smallest absolute Gasteiger partial charge is 0.251 e. The quantitative estimate of drug-likeness (QED) is 0.879. The molecule has 3 heteroatoms. The van der Waals surface area contributed by atoms with Gasteiger partial charge in [0.25, 0.3) is 5.91 Å². The van der Waals surface area contributed by atoms with Crippen LogP contribution < -0.4 is 5.32 Å². The minimum atomic E-state index is -0.0757. The molecule has 88 valence electrons. The van der Waals surface area contributed by atoms with Crippen molar-refractivity contribution in [3.63, 3.8) is 0 Å². The standard InChI is InChI=1S/C14H15NO2/c1-10-6-11(2)8-12(7-10)14(16)15-9-13-4-3-5-17-13/h3-8H,9H2,1-2H3,(H,15,16). The molecule has 0 saturated heterocycles. The van der Waals surface area contributed by atoms with Crippen LogP contribution >= 0.6 is 0 Å². The van der Waals surface area contributed by atoms with E-state index in [0.717, 1.165) is 16.9 Å². The summed E-state index contributed by atoms with van der Waals surface area (Å²) in [5.74, 6) is 0.677. The van der Waals surface area contributed by atoms with E-state index in [-0.39, 0.29) is 5.91 Å². The van der Waals surface area contributed by atoms with Crippen molar-refractivity contribution in [3.05, 3.63) is 59.0 Å². The molecule has 2 rings (SSSR count). The van der Waals surface area contributed by atoms with Crippen molar-refractivity contribution in [3.8, 4) is 0 Å². The highest BCUT2D eigenvalue weighted by molar-refractivity contribution is 5.94. The van der Waals surface area contributed by atoms with Crippen molar-refractivity contribution in [2.24, 2.45) is 0 Å². The fourth-order valence-electron chi connectivity index (χ4n) is 1.79. The first-order valence-electron chi connectivity index (χ1n) is 5.54. The van der Waals surface area contributed by atoms with Crippen molar-refractivity contribution < 1.29 is 9.21 Å². The fraction of sp³-hybridized carbons (Fsp3) is 0.214. The van der Waals surface area contributed by atoms with Crippen LogP contribution in [0.3, 0.4) is 0 Å². The van der Waals surface area contributed by atoms with E-state index >= 15 is 0 Å². The van der Waals surface area contributed by atoms with Gasteiger partial charge in [0.1, 0.15) is 5.76 Å². The van der Waals surface area contributed by atoms with Gasteiger partial charge in [-0.15, -0.1) is 0 Å². The molecule has 1 aromatic carbocycles. The van der Waals surface area contributed by atoms with E-state index in [1.807, 2.05) is 38.1 Å². The molecule has 0 aliphatic carbocycles. The number of nitrogens with one attached hydrogen (secondary N) is 1. The summed E-state index contributed by atoms with van der Waals surface area (Å²) >= 11 is 0. The number of hydrogen-bond donors (Lipinski definition) is 1. The lowest BCUT2D eigenvalue weighted by Gasteiger charge is -2.05. The lowest BCUT2D eigenvalue weighted by Crippen LogP contribution is -2.22. The number of carbonyl (C=O) groups is 1. The van der Waals surface area contributed by atoms with Gasteiger partial charge in [-0.3, -0.25) is 4.79 Å². The number of furan rings is 1. The zero-order chi connectivity index (χ0) is 12.3. The number of amides is 1. The minimum Gasteiger partial charge on any atom is -0.467 e. The summed E-state index contributed by atoms with van der Waals surface area (Å²) in [5.41, 5.74) is 2.87. The number of benzene rings is 1. The molecule has 0 aliphatic rings. The van der Waals surface area contributed by atoms with Crippen LogP contribution in [0.15, 0.2) is 41.0 Å². The van der Waals surface area contributed by atoms with Crippen molar-refractivity contribution in [1.82, 2.24) is 5.32 Å². The van der Waals surface area contributed by atoms with Crippen LogP contribution in [0.2, 0.25) is 0 Å². The van der Waals surface area contributed by atoms with Crippen LogP contribution in [0.1, 0.15) is 27.2 Å². The molecular formula is C14H15NO2. The first-order chi connectivity index (χ1) is 8.15. The molecule has 1 heterocycles. The SMILES string of the molecule is Cc1cc(C)cc(C(=O)NCc2ccco2)c1. The van der Waals surface area contributed by atoms with E-state index in [9.17, 15) is 4.79 Å². The minimum absolute atomic E-state index is 0.0757. The maximum atomic E-state index is 11.9. The van der Waals surface area contributed by atoms with Crippen molar-refractivity contribution in [2.75, 3.05) is 0 Å². The average Bonchev–Trinajstić information content (AvgIpc) is 2.77. The first-order valence-corrected chi connectivity index (χ1v) is 5.54. The van der Waals surface area contributed by atoms with E-state index in [1.165, 1.54) is 0 Å². The highest BCUT2D eigenvalue weighted by Gasteiger charge is 2.06. The van der Waals surface area contributed by atoms with Crippen molar-refractivity contribution in [1.29, 1.82) is 0 Å². The van der Waals surface area contributed by atoms with Gasteiger partial charge in [0.15, 0.2) is 0 Å². The lowest BCUT2D eigenvalue weighted by atomic mass is 10.1. The Balaban J connectivity index is 2.04. The summed E-state index contributed by atoms with van der Waals surface area (Å²) < 4.78 is 5.15. The molecule has 0 saturated carbocycles. The number of hydrogen-bond acceptors (Lipinski definition) is 2. The second-order valence-corrected chi connectivity index (χ2v) is 4.14. The molecule has 3 nitrogen and oxygen atoms in total. The number of aryl methyl sites for hydroxylation is 2. The zero-order valence-electron chi connectivity index (χ0n) is 9.99.